The zero-order valence-corrected chi connectivity index (χ0v) is 16.7. The number of fused-ring (bicyclic) bond motifs is 1. The van der Waals surface area contributed by atoms with Gasteiger partial charge in [0.1, 0.15) is 0 Å². The van der Waals surface area contributed by atoms with E-state index in [4.69, 9.17) is 5.73 Å². The third-order valence-corrected chi connectivity index (χ3v) is 7.36. The van der Waals surface area contributed by atoms with Gasteiger partial charge in [-0.1, -0.05) is 37.5 Å². The molecule has 0 bridgehead atoms. The molecule has 4 nitrogen and oxygen atoms in total. The summed E-state index contributed by atoms with van der Waals surface area (Å²) in [5.74, 6) is 2.17. The van der Waals surface area contributed by atoms with E-state index in [1.165, 1.54) is 30.6 Å². The lowest BCUT2D eigenvalue weighted by molar-refractivity contribution is -0.0405. The fourth-order valence-electron chi connectivity index (χ4n) is 4.64. The van der Waals surface area contributed by atoms with E-state index in [-0.39, 0.29) is 18.2 Å². The molecular formula is C21H34N2O2S. The van der Waals surface area contributed by atoms with Gasteiger partial charge in [-0.3, -0.25) is 4.90 Å². The van der Waals surface area contributed by atoms with Crippen LogP contribution in [0.25, 0.3) is 0 Å². The fraction of sp³-hybridized carbons (Fsp3) is 0.714. The Labute approximate surface area is 162 Å². The first-order chi connectivity index (χ1) is 12.5. The number of likely N-dealkylation sites (tertiary alicyclic amines) is 1. The molecule has 5 heteroatoms. The van der Waals surface area contributed by atoms with Crippen molar-refractivity contribution < 1.29 is 10.2 Å². The van der Waals surface area contributed by atoms with Crippen molar-refractivity contribution in [1.82, 2.24) is 4.90 Å². The quantitative estimate of drug-likeness (QED) is 0.637. The lowest BCUT2D eigenvalue weighted by atomic mass is 9.72. The van der Waals surface area contributed by atoms with Crippen LogP contribution in [0.4, 0.5) is 0 Å². The minimum Gasteiger partial charge on any atom is -0.392 e. The van der Waals surface area contributed by atoms with Gasteiger partial charge in [0.25, 0.3) is 0 Å². The first-order valence-electron chi connectivity index (χ1n) is 10.1. The standard InChI is InChI=1S/C21H34N2O2S/c1-15(24)20-11-16-7-5-6-8-17(16)12-23(20)13-21(25)19(22)14-26-18-9-3-2-4-10-18/h2-4,9-10,15-17,19-21,24-25H,5-8,11-14,22H2,1H3/t15-,16-,17+,19-,20-,21+/m0/s1. The molecule has 1 aromatic carbocycles. The predicted octanol–water partition coefficient (Wildman–Crippen LogP) is 2.73. The topological polar surface area (TPSA) is 69.7 Å². The number of thioether (sulfide) groups is 1. The van der Waals surface area contributed by atoms with Gasteiger partial charge in [-0.15, -0.1) is 11.8 Å². The van der Waals surface area contributed by atoms with Gasteiger partial charge < -0.3 is 15.9 Å². The van der Waals surface area contributed by atoms with E-state index < -0.39 is 6.10 Å². The summed E-state index contributed by atoms with van der Waals surface area (Å²) in [4.78, 5) is 3.49. The molecule has 4 N–H and O–H groups in total. The number of piperidine rings is 1. The highest BCUT2D eigenvalue weighted by atomic mass is 32.2. The minimum absolute atomic E-state index is 0.151. The van der Waals surface area contributed by atoms with Crippen LogP contribution in [0.15, 0.2) is 35.2 Å². The van der Waals surface area contributed by atoms with Crippen molar-refractivity contribution in [3.05, 3.63) is 30.3 Å². The maximum atomic E-state index is 10.7. The van der Waals surface area contributed by atoms with Crippen molar-refractivity contribution >= 4 is 11.8 Å². The molecule has 0 aromatic heterocycles. The van der Waals surface area contributed by atoms with Gasteiger partial charge in [-0.25, -0.2) is 0 Å². The van der Waals surface area contributed by atoms with Gasteiger partial charge in [0, 0.05) is 35.8 Å². The van der Waals surface area contributed by atoms with Gasteiger partial charge in [0.05, 0.1) is 12.2 Å². The minimum atomic E-state index is -0.562. The molecule has 146 valence electrons. The molecule has 3 rings (SSSR count). The number of aliphatic hydroxyl groups is 2. The first kappa shape index (κ1) is 20.2. The molecule has 1 aliphatic heterocycles. The van der Waals surface area contributed by atoms with E-state index in [1.807, 2.05) is 25.1 Å². The Morgan fingerprint density at radius 3 is 2.54 bits per heavy atom. The van der Waals surface area contributed by atoms with Crippen molar-refractivity contribution in [2.45, 2.75) is 68.2 Å². The Morgan fingerprint density at radius 1 is 1.15 bits per heavy atom. The van der Waals surface area contributed by atoms with Crippen LogP contribution in [0.2, 0.25) is 0 Å². The van der Waals surface area contributed by atoms with Gasteiger partial charge in [0.2, 0.25) is 0 Å². The molecule has 1 saturated heterocycles. The second-order valence-corrected chi connectivity index (χ2v) is 9.25. The number of nitrogens with zero attached hydrogens (tertiary/aromatic N) is 1. The maximum absolute atomic E-state index is 10.7. The maximum Gasteiger partial charge on any atom is 0.0826 e. The molecule has 1 aliphatic carbocycles. The SMILES string of the molecule is C[C@H](O)[C@@H]1C[C@@H]2CCCC[C@@H]2CN1C[C@@H](O)[C@@H](N)CSc1ccccc1. The van der Waals surface area contributed by atoms with E-state index in [9.17, 15) is 10.2 Å². The average molecular weight is 379 g/mol. The van der Waals surface area contributed by atoms with Crippen molar-refractivity contribution in [2.75, 3.05) is 18.8 Å². The molecule has 0 amide bonds. The van der Waals surface area contributed by atoms with E-state index in [2.05, 4.69) is 17.0 Å². The summed E-state index contributed by atoms with van der Waals surface area (Å²) in [6.07, 6.45) is 5.38. The number of rotatable bonds is 7. The lowest BCUT2D eigenvalue weighted by Crippen LogP contribution is -2.56. The highest BCUT2D eigenvalue weighted by Gasteiger charge is 2.39. The number of benzene rings is 1. The molecule has 26 heavy (non-hydrogen) atoms. The lowest BCUT2D eigenvalue weighted by Gasteiger charge is -2.48. The van der Waals surface area contributed by atoms with E-state index in [0.717, 1.165) is 24.8 Å². The molecule has 1 saturated carbocycles. The van der Waals surface area contributed by atoms with Gasteiger partial charge >= 0.3 is 0 Å². The summed E-state index contributed by atoms with van der Waals surface area (Å²) in [5, 5.41) is 21.0. The Morgan fingerprint density at radius 2 is 1.85 bits per heavy atom. The van der Waals surface area contributed by atoms with Crippen LogP contribution in [0, 0.1) is 11.8 Å². The second-order valence-electron chi connectivity index (χ2n) is 8.16. The largest absolute Gasteiger partial charge is 0.392 e. The Hall–Kier alpha value is -0.590. The highest BCUT2D eigenvalue weighted by molar-refractivity contribution is 7.99. The molecule has 1 aromatic rings. The number of hydrogen-bond acceptors (Lipinski definition) is 5. The summed E-state index contributed by atoms with van der Waals surface area (Å²) in [5.41, 5.74) is 6.28. The fourth-order valence-corrected chi connectivity index (χ4v) is 5.60. The smallest absolute Gasteiger partial charge is 0.0826 e. The predicted molar refractivity (Wildman–Crippen MR) is 108 cm³/mol. The van der Waals surface area contributed by atoms with Gasteiger partial charge in [0.15, 0.2) is 0 Å². The summed E-state index contributed by atoms with van der Waals surface area (Å²) >= 11 is 1.69. The van der Waals surface area contributed by atoms with Crippen LogP contribution in [0.3, 0.4) is 0 Å². The van der Waals surface area contributed by atoms with Crippen molar-refractivity contribution in [3.8, 4) is 0 Å². The third kappa shape index (κ3) is 5.23. The molecule has 0 radical (unpaired) electrons. The summed E-state index contributed by atoms with van der Waals surface area (Å²) < 4.78 is 0. The van der Waals surface area contributed by atoms with E-state index >= 15 is 0 Å². The monoisotopic (exact) mass is 378 g/mol. The molecule has 2 fully saturated rings. The third-order valence-electron chi connectivity index (χ3n) is 6.21. The molecule has 0 unspecified atom stereocenters. The zero-order chi connectivity index (χ0) is 18.5. The molecule has 1 heterocycles. The number of nitrogens with two attached hydrogens (primary N) is 1. The zero-order valence-electron chi connectivity index (χ0n) is 15.8. The van der Waals surface area contributed by atoms with E-state index in [0.29, 0.717) is 12.3 Å². The Balaban J connectivity index is 1.54. The van der Waals surface area contributed by atoms with Crippen LogP contribution in [-0.4, -0.2) is 58.2 Å². The van der Waals surface area contributed by atoms with Crippen LogP contribution < -0.4 is 5.73 Å². The highest BCUT2D eigenvalue weighted by Crippen LogP contribution is 2.39. The van der Waals surface area contributed by atoms with E-state index in [1.54, 1.807) is 11.8 Å². The Bertz CT molecular complexity index is 542. The van der Waals surface area contributed by atoms with Crippen LogP contribution in [0.1, 0.15) is 39.0 Å². The molecule has 2 aliphatic rings. The first-order valence-corrected chi connectivity index (χ1v) is 11.1. The molecule has 6 atom stereocenters. The number of aliphatic hydroxyl groups excluding tert-OH is 2. The van der Waals surface area contributed by atoms with Crippen LogP contribution >= 0.6 is 11.8 Å². The average Bonchev–Trinajstić information content (AvgIpc) is 2.66. The van der Waals surface area contributed by atoms with Crippen LogP contribution in [0.5, 0.6) is 0 Å². The molecule has 0 spiro atoms. The second kappa shape index (κ2) is 9.56. The number of hydrogen-bond donors (Lipinski definition) is 3. The number of β-amino-alcohol motifs (C(OH)–C–C–N with tert-alkyl or cyclic N) is 1. The Kier molecular flexibility index (Phi) is 7.41. The summed E-state index contributed by atoms with van der Waals surface area (Å²) in [7, 11) is 0. The summed E-state index contributed by atoms with van der Waals surface area (Å²) in [6, 6.07) is 10.1. The van der Waals surface area contributed by atoms with Gasteiger partial charge in [-0.05, 0) is 43.7 Å². The van der Waals surface area contributed by atoms with Crippen molar-refractivity contribution in [1.29, 1.82) is 0 Å². The molecular weight excluding hydrogens is 344 g/mol. The van der Waals surface area contributed by atoms with Crippen molar-refractivity contribution in [3.63, 3.8) is 0 Å². The van der Waals surface area contributed by atoms with Gasteiger partial charge in [-0.2, -0.15) is 0 Å². The van der Waals surface area contributed by atoms with Crippen molar-refractivity contribution in [2.24, 2.45) is 17.6 Å². The van der Waals surface area contributed by atoms with Crippen LogP contribution in [-0.2, 0) is 0 Å². The summed E-state index contributed by atoms with van der Waals surface area (Å²) in [6.45, 7) is 3.45. The normalized spacial score (nSPS) is 30.4.